The Kier molecular flexibility index (Phi) is 3.89. The van der Waals surface area contributed by atoms with Crippen molar-refractivity contribution in [3.8, 4) is 5.69 Å². The summed E-state index contributed by atoms with van der Waals surface area (Å²) in [4.78, 5) is 11.8. The number of rotatable bonds is 4. The van der Waals surface area contributed by atoms with Crippen LogP contribution in [-0.2, 0) is 14.6 Å². The van der Waals surface area contributed by atoms with Gasteiger partial charge in [-0.25, -0.2) is 17.9 Å². The molecule has 7 heteroatoms. The Labute approximate surface area is 116 Å². The van der Waals surface area contributed by atoms with E-state index in [2.05, 4.69) is 5.10 Å². The third-order valence-corrected chi connectivity index (χ3v) is 3.55. The maximum atomic E-state index is 11.8. The Morgan fingerprint density at radius 3 is 2.50 bits per heavy atom. The van der Waals surface area contributed by atoms with Gasteiger partial charge in [-0.3, -0.25) is 0 Å². The van der Waals surface area contributed by atoms with Gasteiger partial charge in [0.1, 0.15) is 5.56 Å². The van der Waals surface area contributed by atoms with Gasteiger partial charge in [-0.1, -0.05) is 18.2 Å². The number of sulfone groups is 1. The lowest BCUT2D eigenvalue weighted by atomic mass is 10.3. The lowest BCUT2D eigenvalue weighted by Gasteiger charge is -1.99. The van der Waals surface area contributed by atoms with Gasteiger partial charge in [0.2, 0.25) is 0 Å². The second-order valence-corrected chi connectivity index (χ2v) is 6.05. The van der Waals surface area contributed by atoms with Crippen LogP contribution in [0.15, 0.2) is 41.6 Å². The van der Waals surface area contributed by atoms with Crippen molar-refractivity contribution >= 4 is 15.8 Å². The minimum absolute atomic E-state index is 0.0572. The average molecular weight is 294 g/mol. The topological polar surface area (TPSA) is 78.3 Å². The molecule has 1 heterocycles. The average Bonchev–Trinajstić information content (AvgIpc) is 2.85. The van der Waals surface area contributed by atoms with Crippen LogP contribution in [0, 0.1) is 0 Å². The molecular weight excluding hydrogens is 280 g/mol. The summed E-state index contributed by atoms with van der Waals surface area (Å²) in [6.07, 6.45) is 2.37. The van der Waals surface area contributed by atoms with Crippen molar-refractivity contribution in [3.05, 3.63) is 42.1 Å². The van der Waals surface area contributed by atoms with Gasteiger partial charge in [-0.15, -0.1) is 0 Å². The summed E-state index contributed by atoms with van der Waals surface area (Å²) < 4.78 is 29.7. The van der Waals surface area contributed by atoms with Crippen LogP contribution in [0.2, 0.25) is 0 Å². The molecule has 0 fully saturated rings. The van der Waals surface area contributed by atoms with Crippen molar-refractivity contribution in [2.45, 2.75) is 11.9 Å². The molecule has 0 aliphatic heterocycles. The van der Waals surface area contributed by atoms with Gasteiger partial charge in [0.05, 0.1) is 12.3 Å². The third-order valence-electron chi connectivity index (χ3n) is 2.55. The van der Waals surface area contributed by atoms with Crippen LogP contribution in [-0.4, -0.2) is 37.0 Å². The number of carbonyl (C=O) groups excluding carboxylic acids is 1. The number of aromatic nitrogens is 2. The predicted octanol–water partition coefficient (Wildman–Crippen LogP) is 1.45. The van der Waals surface area contributed by atoms with Crippen LogP contribution in [0.3, 0.4) is 0 Å². The van der Waals surface area contributed by atoms with E-state index in [4.69, 9.17) is 4.74 Å². The molecule has 0 amide bonds. The molecule has 0 radical (unpaired) electrons. The van der Waals surface area contributed by atoms with Crippen molar-refractivity contribution in [1.82, 2.24) is 9.78 Å². The Morgan fingerprint density at radius 2 is 1.95 bits per heavy atom. The molecule has 6 nitrogen and oxygen atoms in total. The molecule has 106 valence electrons. The molecule has 0 saturated carbocycles. The summed E-state index contributed by atoms with van der Waals surface area (Å²) in [5, 5.41) is 3.70. The number of hydrogen-bond donors (Lipinski definition) is 0. The lowest BCUT2D eigenvalue weighted by Crippen LogP contribution is -2.09. The van der Waals surface area contributed by atoms with Crippen molar-refractivity contribution in [2.75, 3.05) is 12.9 Å². The zero-order valence-corrected chi connectivity index (χ0v) is 11.9. The number of nitrogens with zero attached hydrogens (tertiary/aromatic N) is 2. The Balaban J connectivity index is 2.56. The largest absolute Gasteiger partial charge is 0.462 e. The number of para-hydroxylation sites is 1. The van der Waals surface area contributed by atoms with Crippen LogP contribution in [0.1, 0.15) is 17.3 Å². The molecule has 0 aliphatic rings. The van der Waals surface area contributed by atoms with Gasteiger partial charge in [-0.2, -0.15) is 5.10 Å². The van der Waals surface area contributed by atoms with Gasteiger partial charge in [0.25, 0.3) is 0 Å². The number of benzene rings is 1. The molecular formula is C13H14N2O4S. The summed E-state index contributed by atoms with van der Waals surface area (Å²) in [7, 11) is -3.62. The standard InChI is InChI=1S/C13H14N2O4S/c1-3-19-13(16)11-9-15(10-7-5-4-6-8-10)14-12(11)20(2,17)18/h4-9H,3H2,1-2H3. The summed E-state index contributed by atoms with van der Waals surface area (Å²) in [6, 6.07) is 8.93. The van der Waals surface area contributed by atoms with E-state index >= 15 is 0 Å². The highest BCUT2D eigenvalue weighted by atomic mass is 32.2. The summed E-state index contributed by atoms with van der Waals surface area (Å²) in [5.41, 5.74) is 0.603. The molecule has 1 aromatic heterocycles. The molecule has 0 unspecified atom stereocenters. The normalized spacial score (nSPS) is 11.3. The zero-order chi connectivity index (χ0) is 14.8. The first-order valence-electron chi connectivity index (χ1n) is 5.95. The van der Waals surface area contributed by atoms with Crippen molar-refractivity contribution in [3.63, 3.8) is 0 Å². The third kappa shape index (κ3) is 2.88. The van der Waals surface area contributed by atoms with E-state index in [0.29, 0.717) is 5.69 Å². The second kappa shape index (κ2) is 5.46. The smallest absolute Gasteiger partial charge is 0.342 e. The molecule has 0 saturated heterocycles. The van der Waals surface area contributed by atoms with E-state index in [1.54, 1.807) is 31.2 Å². The number of ether oxygens (including phenoxy) is 1. The molecule has 2 aromatic rings. The van der Waals surface area contributed by atoms with Crippen LogP contribution in [0.25, 0.3) is 5.69 Å². The van der Waals surface area contributed by atoms with E-state index < -0.39 is 15.8 Å². The Hall–Kier alpha value is -2.15. The quantitative estimate of drug-likeness (QED) is 0.798. The number of carbonyl (C=O) groups is 1. The number of esters is 1. The summed E-state index contributed by atoms with van der Waals surface area (Å²) in [5.74, 6) is -0.699. The van der Waals surface area contributed by atoms with Gasteiger partial charge in [0, 0.05) is 12.5 Å². The first kappa shape index (κ1) is 14.3. The van der Waals surface area contributed by atoms with Gasteiger partial charge >= 0.3 is 5.97 Å². The van der Waals surface area contributed by atoms with Crippen LogP contribution in [0.5, 0.6) is 0 Å². The molecule has 0 atom stereocenters. The fourth-order valence-corrected chi connectivity index (χ4v) is 2.47. The van der Waals surface area contributed by atoms with Crippen molar-refractivity contribution in [1.29, 1.82) is 0 Å². The second-order valence-electron chi connectivity index (χ2n) is 4.12. The van der Waals surface area contributed by atoms with Crippen LogP contribution >= 0.6 is 0 Å². The van der Waals surface area contributed by atoms with Crippen LogP contribution < -0.4 is 0 Å². The maximum absolute atomic E-state index is 11.8. The fourth-order valence-electron chi connectivity index (χ4n) is 1.69. The maximum Gasteiger partial charge on any atom is 0.342 e. The fraction of sp³-hybridized carbons (Fsp3) is 0.231. The van der Waals surface area contributed by atoms with E-state index in [1.807, 2.05) is 6.07 Å². The lowest BCUT2D eigenvalue weighted by molar-refractivity contribution is 0.0522. The van der Waals surface area contributed by atoms with E-state index in [9.17, 15) is 13.2 Å². The molecule has 0 bridgehead atoms. The van der Waals surface area contributed by atoms with E-state index in [0.717, 1.165) is 6.26 Å². The first-order valence-corrected chi connectivity index (χ1v) is 7.85. The van der Waals surface area contributed by atoms with Gasteiger partial charge in [0.15, 0.2) is 14.9 Å². The SMILES string of the molecule is CCOC(=O)c1cn(-c2ccccc2)nc1S(C)(=O)=O. The number of hydrogen-bond acceptors (Lipinski definition) is 5. The highest BCUT2D eigenvalue weighted by molar-refractivity contribution is 7.90. The van der Waals surface area contributed by atoms with Crippen LogP contribution in [0.4, 0.5) is 0 Å². The first-order chi connectivity index (χ1) is 9.43. The molecule has 0 aliphatic carbocycles. The van der Waals surface area contributed by atoms with E-state index in [-0.39, 0.29) is 17.2 Å². The van der Waals surface area contributed by atoms with E-state index in [1.165, 1.54) is 10.9 Å². The zero-order valence-electron chi connectivity index (χ0n) is 11.1. The summed E-state index contributed by atoms with van der Waals surface area (Å²) >= 11 is 0. The van der Waals surface area contributed by atoms with Gasteiger partial charge < -0.3 is 4.74 Å². The molecule has 1 aromatic carbocycles. The monoisotopic (exact) mass is 294 g/mol. The minimum Gasteiger partial charge on any atom is -0.462 e. The Bertz CT molecular complexity index is 720. The predicted molar refractivity (Wildman–Crippen MR) is 72.6 cm³/mol. The van der Waals surface area contributed by atoms with Gasteiger partial charge in [-0.05, 0) is 19.1 Å². The minimum atomic E-state index is -3.62. The molecule has 0 spiro atoms. The molecule has 0 N–H and O–H groups in total. The van der Waals surface area contributed by atoms with Crippen molar-refractivity contribution in [2.24, 2.45) is 0 Å². The highest BCUT2D eigenvalue weighted by Crippen LogP contribution is 2.18. The summed E-state index contributed by atoms with van der Waals surface area (Å²) in [6.45, 7) is 1.82. The Morgan fingerprint density at radius 1 is 1.30 bits per heavy atom. The van der Waals surface area contributed by atoms with Crippen molar-refractivity contribution < 1.29 is 17.9 Å². The molecule has 2 rings (SSSR count). The highest BCUT2D eigenvalue weighted by Gasteiger charge is 2.25. The molecule has 20 heavy (non-hydrogen) atoms.